The average molecular weight is 292 g/mol. The van der Waals surface area contributed by atoms with E-state index >= 15 is 0 Å². The largest absolute Gasteiger partial charge is 0.229 e. The molecule has 1 N–H and O–H groups in total. The van der Waals surface area contributed by atoms with Crippen molar-refractivity contribution in [1.29, 1.82) is 0 Å². The summed E-state index contributed by atoms with van der Waals surface area (Å²) in [5.74, 6) is -0.787. The van der Waals surface area contributed by atoms with E-state index in [1.54, 1.807) is 0 Å². The van der Waals surface area contributed by atoms with Crippen LogP contribution in [0.5, 0.6) is 0 Å². The van der Waals surface area contributed by atoms with E-state index in [4.69, 9.17) is 11.6 Å². The summed E-state index contributed by atoms with van der Waals surface area (Å²) in [5.41, 5.74) is 0. The van der Waals surface area contributed by atoms with E-state index in [2.05, 4.69) is 4.72 Å². The highest BCUT2D eigenvalue weighted by molar-refractivity contribution is 7.93. The summed E-state index contributed by atoms with van der Waals surface area (Å²) in [7, 11) is -6.80. The van der Waals surface area contributed by atoms with E-state index in [1.165, 1.54) is 0 Å². The van der Waals surface area contributed by atoms with Crippen LogP contribution in [-0.4, -0.2) is 46.5 Å². The molecule has 0 saturated heterocycles. The molecule has 8 heteroatoms. The summed E-state index contributed by atoms with van der Waals surface area (Å²) in [6, 6.07) is 0. The Bertz CT molecular complexity index is 390. The minimum absolute atomic E-state index is 0.140. The van der Waals surface area contributed by atoms with E-state index in [9.17, 15) is 16.8 Å². The molecule has 16 heavy (non-hydrogen) atoms. The van der Waals surface area contributed by atoms with Crippen molar-refractivity contribution in [2.45, 2.75) is 25.1 Å². The van der Waals surface area contributed by atoms with Gasteiger partial charge in [0, 0.05) is 18.2 Å². The molecule has 0 radical (unpaired) electrons. The molecule has 5 nitrogen and oxygen atoms in total. The predicted molar refractivity (Wildman–Crippen MR) is 66.0 cm³/mol. The third-order valence-corrected chi connectivity index (χ3v) is 4.77. The third-order valence-electron chi connectivity index (χ3n) is 1.85. The van der Waals surface area contributed by atoms with Crippen LogP contribution in [0.2, 0.25) is 0 Å². The van der Waals surface area contributed by atoms with Gasteiger partial charge in [0.05, 0.1) is 11.5 Å². The van der Waals surface area contributed by atoms with Crippen molar-refractivity contribution in [3.63, 3.8) is 0 Å². The average Bonchev–Trinajstić information content (AvgIpc) is 2.12. The molecule has 0 heterocycles. The molecule has 1 unspecified atom stereocenters. The van der Waals surface area contributed by atoms with E-state index < -0.39 is 25.6 Å². The van der Waals surface area contributed by atoms with Gasteiger partial charge in [0.2, 0.25) is 10.0 Å². The maximum atomic E-state index is 11.4. The lowest BCUT2D eigenvalue weighted by molar-refractivity contribution is 0.575. The monoisotopic (exact) mass is 291 g/mol. The number of hydrogen-bond donors (Lipinski definition) is 1. The molecule has 0 aliphatic heterocycles. The molecule has 98 valence electrons. The van der Waals surface area contributed by atoms with Gasteiger partial charge in [-0.2, -0.15) is 0 Å². The van der Waals surface area contributed by atoms with Crippen LogP contribution in [0.15, 0.2) is 0 Å². The smallest absolute Gasteiger partial charge is 0.212 e. The van der Waals surface area contributed by atoms with Crippen LogP contribution >= 0.6 is 11.6 Å². The lowest BCUT2D eigenvalue weighted by Crippen LogP contribution is -2.33. The quantitative estimate of drug-likeness (QED) is 0.655. The van der Waals surface area contributed by atoms with Gasteiger partial charge in [-0.15, -0.1) is 11.6 Å². The van der Waals surface area contributed by atoms with Crippen molar-refractivity contribution < 1.29 is 16.8 Å². The van der Waals surface area contributed by atoms with Gasteiger partial charge in [-0.1, -0.05) is 13.3 Å². The molecule has 0 fully saturated rings. The van der Waals surface area contributed by atoms with Gasteiger partial charge in [0.25, 0.3) is 0 Å². The SMILES string of the molecule is CCCC(Cl)CNS(=O)(=O)CCS(C)(=O)=O. The van der Waals surface area contributed by atoms with Crippen molar-refractivity contribution in [3.05, 3.63) is 0 Å². The van der Waals surface area contributed by atoms with E-state index in [1.807, 2.05) is 6.92 Å². The van der Waals surface area contributed by atoms with E-state index in [-0.39, 0.29) is 17.7 Å². The van der Waals surface area contributed by atoms with Crippen molar-refractivity contribution in [1.82, 2.24) is 4.72 Å². The minimum atomic E-state index is -3.54. The second-order valence-electron chi connectivity index (χ2n) is 3.68. The number of alkyl halides is 1. The second-order valence-corrected chi connectivity index (χ2v) is 8.49. The summed E-state index contributed by atoms with van der Waals surface area (Å²) in [6.45, 7) is 2.09. The van der Waals surface area contributed by atoms with Crippen LogP contribution in [0.25, 0.3) is 0 Å². The van der Waals surface area contributed by atoms with E-state index in [0.29, 0.717) is 0 Å². The molecule has 0 rings (SSSR count). The summed E-state index contributed by atoms with van der Waals surface area (Å²) in [5, 5.41) is -0.252. The molecule has 0 bridgehead atoms. The fourth-order valence-electron chi connectivity index (χ4n) is 0.966. The zero-order valence-corrected chi connectivity index (χ0v) is 11.8. The third kappa shape index (κ3) is 9.38. The van der Waals surface area contributed by atoms with E-state index in [0.717, 1.165) is 19.1 Å². The van der Waals surface area contributed by atoms with Crippen molar-refractivity contribution in [2.24, 2.45) is 0 Å². The van der Waals surface area contributed by atoms with Crippen LogP contribution in [0.4, 0.5) is 0 Å². The van der Waals surface area contributed by atoms with Crippen LogP contribution in [0, 0.1) is 0 Å². The van der Waals surface area contributed by atoms with Crippen LogP contribution in [-0.2, 0) is 19.9 Å². The molecule has 0 saturated carbocycles. The predicted octanol–water partition coefficient (Wildman–Crippen LogP) is 0.358. The fraction of sp³-hybridized carbons (Fsp3) is 1.00. The molecular weight excluding hydrogens is 274 g/mol. The lowest BCUT2D eigenvalue weighted by Gasteiger charge is -2.09. The van der Waals surface area contributed by atoms with Crippen LogP contribution in [0.3, 0.4) is 0 Å². The first-order chi connectivity index (χ1) is 7.16. The molecule has 0 aliphatic carbocycles. The highest BCUT2D eigenvalue weighted by atomic mass is 35.5. The van der Waals surface area contributed by atoms with Crippen LogP contribution < -0.4 is 4.72 Å². The molecule has 0 amide bonds. The number of sulfonamides is 1. The van der Waals surface area contributed by atoms with Gasteiger partial charge < -0.3 is 0 Å². The van der Waals surface area contributed by atoms with Crippen molar-refractivity contribution in [2.75, 3.05) is 24.3 Å². The summed E-state index contributed by atoms with van der Waals surface area (Å²) >= 11 is 5.83. The van der Waals surface area contributed by atoms with Gasteiger partial charge >= 0.3 is 0 Å². The second kappa shape index (κ2) is 6.78. The Balaban J connectivity index is 4.07. The zero-order chi connectivity index (χ0) is 12.8. The molecule has 0 aliphatic rings. The number of rotatable bonds is 8. The van der Waals surface area contributed by atoms with Gasteiger partial charge in [-0.25, -0.2) is 21.6 Å². The van der Waals surface area contributed by atoms with Crippen LogP contribution in [0.1, 0.15) is 19.8 Å². The first-order valence-corrected chi connectivity index (χ1v) is 9.10. The maximum absolute atomic E-state index is 11.4. The van der Waals surface area contributed by atoms with Gasteiger partial charge in [0.1, 0.15) is 9.84 Å². The molecule has 1 atom stereocenters. The van der Waals surface area contributed by atoms with Gasteiger partial charge in [-0.3, -0.25) is 0 Å². The van der Waals surface area contributed by atoms with Gasteiger partial charge in [-0.05, 0) is 6.42 Å². The standard InChI is InChI=1S/C8H18ClNO4S2/c1-3-4-8(9)7-10-16(13,14)6-5-15(2,11)12/h8,10H,3-7H2,1-2H3. The first-order valence-electron chi connectivity index (χ1n) is 4.95. The lowest BCUT2D eigenvalue weighted by atomic mass is 10.2. The fourth-order valence-corrected chi connectivity index (χ4v) is 4.04. The number of halogens is 1. The summed E-state index contributed by atoms with van der Waals surface area (Å²) < 4.78 is 46.6. The Morgan fingerprint density at radius 3 is 2.19 bits per heavy atom. The van der Waals surface area contributed by atoms with Crippen molar-refractivity contribution in [3.8, 4) is 0 Å². The summed E-state index contributed by atoms with van der Waals surface area (Å²) in [6.07, 6.45) is 2.60. The Morgan fingerprint density at radius 1 is 1.19 bits per heavy atom. The highest BCUT2D eigenvalue weighted by Crippen LogP contribution is 2.03. The molecule has 0 aromatic rings. The molecule has 0 aromatic heterocycles. The number of nitrogens with one attached hydrogen (secondary N) is 1. The highest BCUT2D eigenvalue weighted by Gasteiger charge is 2.15. The Kier molecular flexibility index (Phi) is 6.84. The Hall–Kier alpha value is 0.150. The topological polar surface area (TPSA) is 80.3 Å². The zero-order valence-electron chi connectivity index (χ0n) is 9.44. The molecule has 0 aromatic carbocycles. The Morgan fingerprint density at radius 2 is 1.75 bits per heavy atom. The molecule has 0 spiro atoms. The van der Waals surface area contributed by atoms with Crippen molar-refractivity contribution >= 4 is 31.5 Å². The number of hydrogen-bond acceptors (Lipinski definition) is 4. The number of sulfone groups is 1. The summed E-state index contributed by atoms with van der Waals surface area (Å²) in [4.78, 5) is 0. The first kappa shape index (κ1) is 16.1. The van der Waals surface area contributed by atoms with Gasteiger partial charge in [0.15, 0.2) is 0 Å². The minimum Gasteiger partial charge on any atom is -0.229 e. The Labute approximate surface area is 103 Å². The maximum Gasteiger partial charge on any atom is 0.212 e. The molecular formula is C8H18ClNO4S2. The normalized spacial score (nSPS) is 14.9.